The monoisotopic (exact) mass is 204 g/mol. The molecule has 15 heavy (non-hydrogen) atoms. The normalized spacial score (nSPS) is 20.9. The number of hydrogen-bond donors (Lipinski definition) is 2. The molecule has 0 amide bonds. The zero-order valence-electron chi connectivity index (χ0n) is 8.23. The lowest BCUT2D eigenvalue weighted by molar-refractivity contribution is 0.207. The van der Waals surface area contributed by atoms with E-state index in [4.69, 9.17) is 4.74 Å². The van der Waals surface area contributed by atoms with Gasteiger partial charge in [0, 0.05) is 12.7 Å². The smallest absolute Gasteiger partial charge is 0.296 e. The summed E-state index contributed by atoms with van der Waals surface area (Å²) in [7, 11) is 0. The van der Waals surface area contributed by atoms with Crippen LogP contribution in [0.5, 0.6) is 6.01 Å². The molecule has 0 aromatic carbocycles. The number of aromatic nitrogens is 3. The van der Waals surface area contributed by atoms with Gasteiger partial charge in [0.2, 0.25) is 0 Å². The Morgan fingerprint density at radius 1 is 1.47 bits per heavy atom. The lowest BCUT2D eigenvalue weighted by atomic mass is 10.3. The molecule has 2 aromatic heterocycles. The third-order valence-corrected chi connectivity index (χ3v) is 2.53. The fraction of sp³-hybridized carbons (Fsp3) is 0.400. The van der Waals surface area contributed by atoms with E-state index in [2.05, 4.69) is 20.3 Å². The van der Waals surface area contributed by atoms with Gasteiger partial charge in [0.15, 0.2) is 5.65 Å². The predicted octanol–water partition coefficient (Wildman–Crippen LogP) is 0.699. The van der Waals surface area contributed by atoms with Crippen molar-refractivity contribution in [3.8, 4) is 6.01 Å². The van der Waals surface area contributed by atoms with E-state index in [-0.39, 0.29) is 6.10 Å². The molecule has 0 radical (unpaired) electrons. The van der Waals surface area contributed by atoms with E-state index in [0.29, 0.717) is 11.7 Å². The zero-order valence-corrected chi connectivity index (χ0v) is 8.23. The molecule has 1 aliphatic rings. The van der Waals surface area contributed by atoms with Gasteiger partial charge in [-0.1, -0.05) is 0 Å². The molecular weight excluding hydrogens is 192 g/mol. The standard InChI is InChI=1S/C10H12N4O/c1-2-8-9(12-4-1)14-10(13-8)15-7-3-5-11-6-7/h1-2,4,7,11H,3,5-6H2,(H,12,13,14)/t7-/m1/s1. The summed E-state index contributed by atoms with van der Waals surface area (Å²) in [6.07, 6.45) is 2.99. The van der Waals surface area contributed by atoms with Gasteiger partial charge in [-0.2, -0.15) is 4.98 Å². The van der Waals surface area contributed by atoms with Crippen molar-refractivity contribution >= 4 is 11.2 Å². The number of pyridine rings is 1. The molecule has 0 spiro atoms. The molecule has 1 aliphatic heterocycles. The average Bonchev–Trinajstić information content (AvgIpc) is 2.86. The SMILES string of the molecule is c1cnc2nc(O[C@@H]3CCNC3)[nH]c2c1. The maximum Gasteiger partial charge on any atom is 0.296 e. The van der Waals surface area contributed by atoms with Gasteiger partial charge in [0.05, 0.1) is 5.52 Å². The molecule has 0 bridgehead atoms. The van der Waals surface area contributed by atoms with Crippen LogP contribution in [0.2, 0.25) is 0 Å². The van der Waals surface area contributed by atoms with Gasteiger partial charge in [-0.05, 0) is 25.1 Å². The zero-order chi connectivity index (χ0) is 10.1. The number of imidazole rings is 1. The van der Waals surface area contributed by atoms with Crippen LogP contribution >= 0.6 is 0 Å². The molecule has 78 valence electrons. The Morgan fingerprint density at radius 3 is 3.27 bits per heavy atom. The topological polar surface area (TPSA) is 62.8 Å². The van der Waals surface area contributed by atoms with E-state index in [1.54, 1.807) is 6.20 Å². The largest absolute Gasteiger partial charge is 0.460 e. The summed E-state index contributed by atoms with van der Waals surface area (Å²) in [6.45, 7) is 1.91. The van der Waals surface area contributed by atoms with E-state index < -0.39 is 0 Å². The number of H-pyrrole nitrogens is 1. The molecule has 1 fully saturated rings. The van der Waals surface area contributed by atoms with Crippen LogP contribution in [0, 0.1) is 0 Å². The highest BCUT2D eigenvalue weighted by Crippen LogP contribution is 2.15. The van der Waals surface area contributed by atoms with Crippen molar-refractivity contribution in [2.45, 2.75) is 12.5 Å². The second-order valence-electron chi connectivity index (χ2n) is 3.65. The number of fused-ring (bicyclic) bond motifs is 1. The van der Waals surface area contributed by atoms with Crippen molar-refractivity contribution in [2.24, 2.45) is 0 Å². The second-order valence-corrected chi connectivity index (χ2v) is 3.65. The molecule has 1 atom stereocenters. The van der Waals surface area contributed by atoms with Crippen LogP contribution in [-0.4, -0.2) is 34.1 Å². The molecule has 3 rings (SSSR count). The Morgan fingerprint density at radius 2 is 2.47 bits per heavy atom. The van der Waals surface area contributed by atoms with Gasteiger partial charge in [-0.3, -0.25) is 0 Å². The van der Waals surface area contributed by atoms with Gasteiger partial charge in [0.1, 0.15) is 6.10 Å². The van der Waals surface area contributed by atoms with Crippen molar-refractivity contribution < 1.29 is 4.74 Å². The minimum Gasteiger partial charge on any atom is -0.460 e. The minimum absolute atomic E-state index is 0.227. The lowest BCUT2D eigenvalue weighted by Crippen LogP contribution is -2.20. The summed E-state index contributed by atoms with van der Waals surface area (Å²) in [5, 5.41) is 3.24. The molecular formula is C10H12N4O. The molecule has 0 saturated carbocycles. The second kappa shape index (κ2) is 3.51. The van der Waals surface area contributed by atoms with Crippen LogP contribution in [0.1, 0.15) is 6.42 Å². The van der Waals surface area contributed by atoms with Crippen LogP contribution in [-0.2, 0) is 0 Å². The highest BCUT2D eigenvalue weighted by molar-refractivity contribution is 5.70. The van der Waals surface area contributed by atoms with E-state index in [1.165, 1.54) is 0 Å². The van der Waals surface area contributed by atoms with Gasteiger partial charge in [0.25, 0.3) is 6.01 Å². The molecule has 2 aromatic rings. The summed E-state index contributed by atoms with van der Waals surface area (Å²) >= 11 is 0. The van der Waals surface area contributed by atoms with Crippen LogP contribution in [0.3, 0.4) is 0 Å². The van der Waals surface area contributed by atoms with Gasteiger partial charge < -0.3 is 15.0 Å². The molecule has 2 N–H and O–H groups in total. The van der Waals surface area contributed by atoms with Crippen molar-refractivity contribution in [1.82, 2.24) is 20.3 Å². The summed E-state index contributed by atoms with van der Waals surface area (Å²) in [5.41, 5.74) is 1.62. The molecule has 0 unspecified atom stereocenters. The third kappa shape index (κ3) is 1.66. The molecule has 5 heteroatoms. The number of nitrogens with one attached hydrogen (secondary N) is 2. The Balaban J connectivity index is 1.84. The Bertz CT molecular complexity index is 428. The first-order valence-electron chi connectivity index (χ1n) is 5.10. The van der Waals surface area contributed by atoms with Gasteiger partial charge in [-0.25, -0.2) is 4.98 Å². The summed E-state index contributed by atoms with van der Waals surface area (Å²) in [5.74, 6) is 0. The highest BCUT2D eigenvalue weighted by atomic mass is 16.5. The van der Waals surface area contributed by atoms with E-state index >= 15 is 0 Å². The quantitative estimate of drug-likeness (QED) is 0.755. The number of aromatic amines is 1. The first kappa shape index (κ1) is 8.67. The fourth-order valence-electron chi connectivity index (χ4n) is 1.77. The molecule has 5 nitrogen and oxygen atoms in total. The number of nitrogens with zero attached hydrogens (tertiary/aromatic N) is 2. The van der Waals surface area contributed by atoms with Crippen molar-refractivity contribution in [3.05, 3.63) is 18.3 Å². The summed E-state index contributed by atoms with van der Waals surface area (Å²) in [6, 6.07) is 4.38. The average molecular weight is 204 g/mol. The minimum atomic E-state index is 0.227. The summed E-state index contributed by atoms with van der Waals surface area (Å²) < 4.78 is 5.69. The Labute approximate surface area is 86.9 Å². The van der Waals surface area contributed by atoms with Crippen molar-refractivity contribution in [1.29, 1.82) is 0 Å². The summed E-state index contributed by atoms with van der Waals surface area (Å²) in [4.78, 5) is 11.5. The van der Waals surface area contributed by atoms with Crippen LogP contribution in [0.15, 0.2) is 18.3 Å². The number of hydrogen-bond acceptors (Lipinski definition) is 4. The molecule has 1 saturated heterocycles. The Hall–Kier alpha value is -1.62. The number of ether oxygens (including phenoxy) is 1. The maximum atomic E-state index is 5.69. The first-order chi connectivity index (χ1) is 7.42. The van der Waals surface area contributed by atoms with Gasteiger partial charge in [-0.15, -0.1) is 0 Å². The third-order valence-electron chi connectivity index (χ3n) is 2.53. The van der Waals surface area contributed by atoms with E-state index in [1.807, 2.05) is 12.1 Å². The number of rotatable bonds is 2. The van der Waals surface area contributed by atoms with Crippen LogP contribution in [0.4, 0.5) is 0 Å². The Kier molecular flexibility index (Phi) is 2.03. The van der Waals surface area contributed by atoms with Crippen molar-refractivity contribution in [2.75, 3.05) is 13.1 Å². The lowest BCUT2D eigenvalue weighted by Gasteiger charge is -2.07. The van der Waals surface area contributed by atoms with E-state index in [9.17, 15) is 0 Å². The maximum absolute atomic E-state index is 5.69. The molecule has 3 heterocycles. The fourth-order valence-corrected chi connectivity index (χ4v) is 1.77. The van der Waals surface area contributed by atoms with Crippen LogP contribution in [0.25, 0.3) is 11.2 Å². The highest BCUT2D eigenvalue weighted by Gasteiger charge is 2.17. The predicted molar refractivity (Wildman–Crippen MR) is 55.8 cm³/mol. The van der Waals surface area contributed by atoms with Gasteiger partial charge >= 0.3 is 0 Å². The van der Waals surface area contributed by atoms with Crippen LogP contribution < -0.4 is 10.1 Å². The molecule has 0 aliphatic carbocycles. The van der Waals surface area contributed by atoms with E-state index in [0.717, 1.165) is 25.0 Å². The van der Waals surface area contributed by atoms with Crippen molar-refractivity contribution in [3.63, 3.8) is 0 Å². The first-order valence-corrected chi connectivity index (χ1v) is 5.10.